The van der Waals surface area contributed by atoms with Gasteiger partial charge in [0.15, 0.2) is 5.65 Å². The summed E-state index contributed by atoms with van der Waals surface area (Å²) in [5.74, 6) is 0.651. The van der Waals surface area contributed by atoms with Crippen LogP contribution >= 0.6 is 0 Å². The Morgan fingerprint density at radius 3 is 2.32 bits per heavy atom. The number of benzene rings is 2. The number of rotatable bonds is 10. The summed E-state index contributed by atoms with van der Waals surface area (Å²) in [6.45, 7) is 7.23. The summed E-state index contributed by atoms with van der Waals surface area (Å²) in [5, 5.41) is 3.05. The van der Waals surface area contributed by atoms with E-state index in [1.54, 1.807) is 0 Å². The number of unbranched alkanes of at least 4 members (excludes halogenated alkanes) is 4. The Hall–Kier alpha value is -3.41. The van der Waals surface area contributed by atoms with E-state index in [1.807, 2.05) is 41.0 Å². The van der Waals surface area contributed by atoms with Crippen molar-refractivity contribution in [2.75, 3.05) is 12.3 Å². The molecule has 0 aliphatic rings. The van der Waals surface area contributed by atoms with Gasteiger partial charge in [-0.15, -0.1) is 0 Å². The van der Waals surface area contributed by atoms with Crippen molar-refractivity contribution in [3.63, 3.8) is 0 Å². The van der Waals surface area contributed by atoms with Crippen molar-refractivity contribution >= 4 is 33.9 Å². The van der Waals surface area contributed by atoms with Gasteiger partial charge in [0.05, 0.1) is 11.0 Å². The third-order valence-corrected chi connectivity index (χ3v) is 6.62. The van der Waals surface area contributed by atoms with E-state index in [9.17, 15) is 4.79 Å². The standard InChI is InChI=1S/C28H35N5O/c1-4-6-7-8-11-18-30-28(34)24-25-27(32-23-13-10-9-12-22(23)31-25)33(26(24)29)21-16-14-20(15-17-21)19(3)5-2/h9-10,12-17,19H,4-8,11,18,29H2,1-3H3,(H,30,34). The number of carbonyl (C=O) groups is 1. The van der Waals surface area contributed by atoms with Crippen molar-refractivity contribution in [1.82, 2.24) is 19.9 Å². The van der Waals surface area contributed by atoms with Gasteiger partial charge in [0.2, 0.25) is 0 Å². The van der Waals surface area contributed by atoms with E-state index < -0.39 is 0 Å². The van der Waals surface area contributed by atoms with Gasteiger partial charge in [0.25, 0.3) is 5.91 Å². The zero-order valence-electron chi connectivity index (χ0n) is 20.5. The van der Waals surface area contributed by atoms with Crippen LogP contribution in [-0.2, 0) is 0 Å². The van der Waals surface area contributed by atoms with Crippen LogP contribution in [-0.4, -0.2) is 27.0 Å². The van der Waals surface area contributed by atoms with Crippen LogP contribution in [0.1, 0.15) is 81.1 Å². The molecule has 4 aromatic rings. The maximum Gasteiger partial charge on any atom is 0.257 e. The molecule has 0 bridgehead atoms. The number of nitrogens with one attached hydrogen (secondary N) is 1. The van der Waals surface area contributed by atoms with Gasteiger partial charge in [-0.2, -0.15) is 0 Å². The summed E-state index contributed by atoms with van der Waals surface area (Å²) in [4.78, 5) is 22.9. The molecule has 1 atom stereocenters. The number of nitrogens with zero attached hydrogens (tertiary/aromatic N) is 3. The first kappa shape index (κ1) is 23.7. The molecule has 2 aromatic carbocycles. The summed E-state index contributed by atoms with van der Waals surface area (Å²) < 4.78 is 1.85. The number of carbonyl (C=O) groups excluding carboxylic acids is 1. The molecule has 6 nitrogen and oxygen atoms in total. The third-order valence-electron chi connectivity index (χ3n) is 6.62. The first-order valence-corrected chi connectivity index (χ1v) is 12.5. The zero-order chi connectivity index (χ0) is 24.1. The summed E-state index contributed by atoms with van der Waals surface area (Å²) in [6.07, 6.45) is 6.76. The lowest BCUT2D eigenvalue weighted by atomic mass is 9.99. The summed E-state index contributed by atoms with van der Waals surface area (Å²) >= 11 is 0. The van der Waals surface area contributed by atoms with Crippen LogP contribution in [0.5, 0.6) is 0 Å². The summed E-state index contributed by atoms with van der Waals surface area (Å²) in [6, 6.07) is 16.0. The van der Waals surface area contributed by atoms with Crippen molar-refractivity contribution in [1.29, 1.82) is 0 Å². The number of nitrogen functional groups attached to an aromatic ring is 1. The van der Waals surface area contributed by atoms with Crippen LogP contribution in [0, 0.1) is 0 Å². The average molecular weight is 458 g/mol. The number of aromatic nitrogens is 3. The van der Waals surface area contributed by atoms with Gasteiger partial charge in [-0.1, -0.05) is 70.7 Å². The molecule has 0 aliphatic carbocycles. The van der Waals surface area contributed by atoms with Crippen LogP contribution in [0.2, 0.25) is 0 Å². The Labute approximate surface area is 201 Å². The molecule has 0 radical (unpaired) electrons. The van der Waals surface area contributed by atoms with Crippen molar-refractivity contribution in [3.05, 3.63) is 59.7 Å². The van der Waals surface area contributed by atoms with Crippen molar-refractivity contribution in [3.8, 4) is 5.69 Å². The molecule has 0 saturated heterocycles. The molecule has 178 valence electrons. The number of hydrogen-bond acceptors (Lipinski definition) is 4. The fraction of sp³-hybridized carbons (Fsp3) is 0.393. The first-order valence-electron chi connectivity index (χ1n) is 12.5. The van der Waals surface area contributed by atoms with Crippen molar-refractivity contribution in [2.24, 2.45) is 0 Å². The Morgan fingerprint density at radius 2 is 1.65 bits per heavy atom. The lowest BCUT2D eigenvalue weighted by Crippen LogP contribution is -2.25. The molecule has 0 saturated carbocycles. The Balaban J connectivity index is 1.74. The predicted octanol–water partition coefficient (Wildman–Crippen LogP) is 6.37. The number of hydrogen-bond donors (Lipinski definition) is 2. The van der Waals surface area contributed by atoms with Crippen LogP contribution < -0.4 is 11.1 Å². The Morgan fingerprint density at radius 1 is 0.971 bits per heavy atom. The van der Waals surface area contributed by atoms with Crippen LogP contribution in [0.4, 0.5) is 5.82 Å². The lowest BCUT2D eigenvalue weighted by Gasteiger charge is -2.12. The fourth-order valence-corrected chi connectivity index (χ4v) is 4.35. The van der Waals surface area contributed by atoms with Gasteiger partial charge in [0.1, 0.15) is 16.9 Å². The molecule has 34 heavy (non-hydrogen) atoms. The maximum absolute atomic E-state index is 13.3. The molecule has 4 rings (SSSR count). The Bertz CT molecular complexity index is 1280. The minimum Gasteiger partial charge on any atom is -0.384 e. The van der Waals surface area contributed by atoms with E-state index in [-0.39, 0.29) is 5.91 Å². The van der Waals surface area contributed by atoms with Gasteiger partial charge >= 0.3 is 0 Å². The molecule has 0 aliphatic heterocycles. The number of nitrogens with two attached hydrogens (primary N) is 1. The monoisotopic (exact) mass is 457 g/mol. The van der Waals surface area contributed by atoms with Crippen LogP contribution in [0.25, 0.3) is 27.9 Å². The second kappa shape index (κ2) is 10.7. The number of para-hydroxylation sites is 2. The topological polar surface area (TPSA) is 85.8 Å². The molecular formula is C28H35N5O. The fourth-order valence-electron chi connectivity index (χ4n) is 4.35. The quantitative estimate of drug-likeness (QED) is 0.271. The van der Waals surface area contributed by atoms with E-state index >= 15 is 0 Å². The highest BCUT2D eigenvalue weighted by molar-refractivity contribution is 6.11. The molecule has 0 fully saturated rings. The average Bonchev–Trinajstić information content (AvgIpc) is 3.14. The van der Waals surface area contributed by atoms with Crippen molar-refractivity contribution < 1.29 is 4.79 Å². The molecule has 2 heterocycles. The highest BCUT2D eigenvalue weighted by Crippen LogP contribution is 2.31. The number of anilines is 1. The van der Waals surface area contributed by atoms with Gasteiger partial charge in [0, 0.05) is 12.2 Å². The summed E-state index contributed by atoms with van der Waals surface area (Å²) in [7, 11) is 0. The van der Waals surface area contributed by atoms with E-state index in [0.717, 1.165) is 36.0 Å². The zero-order valence-corrected chi connectivity index (χ0v) is 20.5. The SMILES string of the molecule is CCCCCCCNC(=O)c1c(N)n(-c2ccc(C(C)CC)cc2)c2nc3ccccc3nc12. The van der Waals surface area contributed by atoms with Crippen LogP contribution in [0.3, 0.4) is 0 Å². The van der Waals surface area contributed by atoms with Gasteiger partial charge in [-0.05, 0) is 48.6 Å². The van der Waals surface area contributed by atoms with Crippen molar-refractivity contribution in [2.45, 2.75) is 65.2 Å². The molecule has 3 N–H and O–H groups in total. The Kier molecular flexibility index (Phi) is 7.46. The van der Waals surface area contributed by atoms with E-state index in [1.165, 1.54) is 24.8 Å². The number of fused-ring (bicyclic) bond motifs is 2. The largest absolute Gasteiger partial charge is 0.384 e. The minimum absolute atomic E-state index is 0.197. The molecule has 1 amide bonds. The van der Waals surface area contributed by atoms with Gasteiger partial charge < -0.3 is 11.1 Å². The molecule has 6 heteroatoms. The molecule has 2 aromatic heterocycles. The van der Waals surface area contributed by atoms with Gasteiger partial charge in [-0.25, -0.2) is 9.97 Å². The lowest BCUT2D eigenvalue weighted by molar-refractivity contribution is 0.0955. The maximum atomic E-state index is 13.3. The number of amides is 1. The molecular weight excluding hydrogens is 422 g/mol. The van der Waals surface area contributed by atoms with E-state index in [2.05, 4.69) is 38.2 Å². The highest BCUT2D eigenvalue weighted by atomic mass is 16.1. The van der Waals surface area contributed by atoms with Crippen LogP contribution in [0.15, 0.2) is 48.5 Å². The highest BCUT2D eigenvalue weighted by Gasteiger charge is 2.24. The third kappa shape index (κ3) is 4.76. The second-order valence-electron chi connectivity index (χ2n) is 9.05. The van der Waals surface area contributed by atoms with E-state index in [4.69, 9.17) is 15.7 Å². The second-order valence-corrected chi connectivity index (χ2v) is 9.05. The predicted molar refractivity (Wildman–Crippen MR) is 141 cm³/mol. The first-order chi connectivity index (χ1) is 16.5. The van der Waals surface area contributed by atoms with Gasteiger partial charge in [-0.3, -0.25) is 9.36 Å². The molecule has 1 unspecified atom stereocenters. The summed E-state index contributed by atoms with van der Waals surface area (Å²) in [5.41, 5.74) is 11.8. The van der Waals surface area contributed by atoms with E-state index in [0.29, 0.717) is 35.0 Å². The minimum atomic E-state index is -0.197. The smallest absolute Gasteiger partial charge is 0.257 e. The normalized spacial score (nSPS) is 12.3. The molecule has 0 spiro atoms.